The fraction of sp³-hybridized carbons (Fsp3) is 0.444. The highest BCUT2D eigenvalue weighted by Gasteiger charge is 2.29. The van der Waals surface area contributed by atoms with E-state index < -0.39 is 18.0 Å². The van der Waals surface area contributed by atoms with E-state index in [0.717, 1.165) is 24.0 Å². The second-order valence-electron chi connectivity index (χ2n) is 8.89. The molecule has 3 N–H and O–H groups in total. The summed E-state index contributed by atoms with van der Waals surface area (Å²) in [6, 6.07) is 16.0. The molecule has 1 aliphatic carbocycles. The highest BCUT2D eigenvalue weighted by molar-refractivity contribution is 5.79. The number of alkyl carbamates (subject to hydrolysis) is 1. The molecule has 2 aromatic rings. The molecule has 0 aliphatic heterocycles. The lowest BCUT2D eigenvalue weighted by Gasteiger charge is -2.20. The number of ether oxygens (including phenoxy) is 1. The van der Waals surface area contributed by atoms with Crippen molar-refractivity contribution in [1.29, 1.82) is 0 Å². The van der Waals surface area contributed by atoms with Gasteiger partial charge in [-0.2, -0.15) is 0 Å². The van der Waals surface area contributed by atoms with Gasteiger partial charge in [0.25, 0.3) is 0 Å². The Morgan fingerprint density at radius 2 is 1.62 bits per heavy atom. The number of hydrogen-bond donors (Lipinski definition) is 3. The summed E-state index contributed by atoms with van der Waals surface area (Å²) in [7, 11) is 0. The second-order valence-corrected chi connectivity index (χ2v) is 8.89. The number of aliphatic carboxylic acids is 1. The predicted octanol–water partition coefficient (Wildman–Crippen LogP) is 4.70. The number of unbranched alkanes of at least 4 members (excludes halogenated alkanes) is 1. The smallest absolute Gasteiger partial charge is 0.407 e. The molecule has 7 heteroatoms. The molecule has 0 saturated carbocycles. The number of nitrogens with one attached hydrogen (secondary N) is 2. The zero-order valence-electron chi connectivity index (χ0n) is 19.9. The molecule has 2 amide bonds. The van der Waals surface area contributed by atoms with E-state index in [2.05, 4.69) is 41.8 Å². The lowest BCUT2D eigenvalue weighted by molar-refractivity contribution is -0.141. The number of hydrogen-bond acceptors (Lipinski definition) is 4. The lowest BCUT2D eigenvalue weighted by atomic mass is 9.98. The summed E-state index contributed by atoms with van der Waals surface area (Å²) < 4.78 is 5.62. The predicted molar refractivity (Wildman–Crippen MR) is 131 cm³/mol. The van der Waals surface area contributed by atoms with Crippen LogP contribution < -0.4 is 10.6 Å². The third-order valence-corrected chi connectivity index (χ3v) is 6.32. The Morgan fingerprint density at radius 3 is 2.21 bits per heavy atom. The van der Waals surface area contributed by atoms with Gasteiger partial charge < -0.3 is 20.5 Å². The maximum atomic E-state index is 12.6. The van der Waals surface area contributed by atoms with Crippen LogP contribution in [0.4, 0.5) is 4.79 Å². The van der Waals surface area contributed by atoms with E-state index in [-0.39, 0.29) is 37.4 Å². The van der Waals surface area contributed by atoms with Crippen LogP contribution in [-0.4, -0.2) is 42.3 Å². The number of benzene rings is 2. The SMILES string of the molecule is CCCC[C@H](CC(=O)NCCC(C)C(=O)O)NC(=O)OCC1c2ccccc2-c2ccccc21. The van der Waals surface area contributed by atoms with Crippen molar-refractivity contribution in [1.82, 2.24) is 10.6 Å². The quantitative estimate of drug-likeness (QED) is 0.421. The van der Waals surface area contributed by atoms with Crippen molar-refractivity contribution in [3.8, 4) is 11.1 Å². The van der Waals surface area contributed by atoms with E-state index in [0.29, 0.717) is 12.8 Å². The minimum atomic E-state index is -0.882. The van der Waals surface area contributed by atoms with Crippen molar-refractivity contribution in [3.05, 3.63) is 59.7 Å². The van der Waals surface area contributed by atoms with Gasteiger partial charge in [-0.05, 0) is 35.1 Å². The summed E-state index contributed by atoms with van der Waals surface area (Å²) in [5.41, 5.74) is 4.63. The van der Waals surface area contributed by atoms with Crippen LogP contribution in [0.15, 0.2) is 48.5 Å². The van der Waals surface area contributed by atoms with E-state index in [1.807, 2.05) is 24.3 Å². The normalized spacial score (nSPS) is 13.9. The first kappa shape index (κ1) is 25.3. The number of carboxylic acids is 1. The van der Waals surface area contributed by atoms with Crippen LogP contribution in [-0.2, 0) is 14.3 Å². The van der Waals surface area contributed by atoms with Crippen LogP contribution in [0.1, 0.15) is 63.0 Å². The Hall–Kier alpha value is -3.35. The number of fused-ring (bicyclic) bond motifs is 3. The summed E-state index contributed by atoms with van der Waals surface area (Å²) in [6.07, 6.45) is 2.44. The zero-order valence-corrected chi connectivity index (χ0v) is 19.9. The maximum Gasteiger partial charge on any atom is 0.407 e. The van der Waals surface area contributed by atoms with Crippen LogP contribution in [0.3, 0.4) is 0 Å². The van der Waals surface area contributed by atoms with Gasteiger partial charge in [0.15, 0.2) is 0 Å². The molecule has 0 aromatic heterocycles. The summed E-state index contributed by atoms with van der Waals surface area (Å²) in [6.45, 7) is 4.17. The molecule has 0 saturated heterocycles. The topological polar surface area (TPSA) is 105 Å². The standard InChI is InChI=1S/C27H34N2O5/c1-3-4-9-19(16-25(30)28-15-14-18(2)26(31)32)29-27(33)34-17-24-22-12-7-5-10-20(22)21-11-6-8-13-23(21)24/h5-8,10-13,18-19,24H,3-4,9,14-17H2,1-2H3,(H,28,30)(H,29,33)(H,31,32)/t18?,19-/m1/s1. The molecule has 34 heavy (non-hydrogen) atoms. The highest BCUT2D eigenvalue weighted by atomic mass is 16.5. The van der Waals surface area contributed by atoms with Gasteiger partial charge in [0.05, 0.1) is 5.92 Å². The summed E-state index contributed by atoms with van der Waals surface area (Å²) >= 11 is 0. The lowest BCUT2D eigenvalue weighted by Crippen LogP contribution is -2.40. The van der Waals surface area contributed by atoms with E-state index in [1.54, 1.807) is 6.92 Å². The van der Waals surface area contributed by atoms with Crippen LogP contribution in [0, 0.1) is 5.92 Å². The van der Waals surface area contributed by atoms with Gasteiger partial charge in [0, 0.05) is 24.9 Å². The number of carbonyl (C=O) groups excluding carboxylic acids is 2. The minimum absolute atomic E-state index is 0.0215. The van der Waals surface area contributed by atoms with Gasteiger partial charge in [-0.15, -0.1) is 0 Å². The molecule has 2 aromatic carbocycles. The molecule has 0 fully saturated rings. The van der Waals surface area contributed by atoms with Crippen LogP contribution in [0.25, 0.3) is 11.1 Å². The average molecular weight is 467 g/mol. The third kappa shape index (κ3) is 6.59. The molecule has 7 nitrogen and oxygen atoms in total. The van der Waals surface area contributed by atoms with Gasteiger partial charge in [0.2, 0.25) is 5.91 Å². The molecular weight excluding hydrogens is 432 g/mol. The highest BCUT2D eigenvalue weighted by Crippen LogP contribution is 2.44. The van der Waals surface area contributed by atoms with E-state index in [4.69, 9.17) is 9.84 Å². The first-order valence-electron chi connectivity index (χ1n) is 12.0. The first-order chi connectivity index (χ1) is 16.4. The number of carbonyl (C=O) groups is 3. The van der Waals surface area contributed by atoms with Gasteiger partial charge in [-0.1, -0.05) is 75.2 Å². The largest absolute Gasteiger partial charge is 0.481 e. The van der Waals surface area contributed by atoms with Gasteiger partial charge >= 0.3 is 12.1 Å². The van der Waals surface area contributed by atoms with Crippen molar-refractivity contribution in [2.24, 2.45) is 5.92 Å². The Kier molecular flexibility index (Phi) is 9.08. The maximum absolute atomic E-state index is 12.6. The van der Waals surface area contributed by atoms with E-state index in [9.17, 15) is 14.4 Å². The minimum Gasteiger partial charge on any atom is -0.481 e. The van der Waals surface area contributed by atoms with Crippen LogP contribution >= 0.6 is 0 Å². The van der Waals surface area contributed by atoms with Crippen LogP contribution in [0.2, 0.25) is 0 Å². The molecule has 0 heterocycles. The molecule has 182 valence electrons. The summed E-state index contributed by atoms with van der Waals surface area (Å²) in [4.78, 5) is 35.9. The zero-order chi connectivity index (χ0) is 24.5. The first-order valence-corrected chi connectivity index (χ1v) is 12.0. The molecule has 0 spiro atoms. The molecule has 0 radical (unpaired) electrons. The monoisotopic (exact) mass is 466 g/mol. The average Bonchev–Trinajstić information content (AvgIpc) is 3.14. The van der Waals surface area contributed by atoms with E-state index >= 15 is 0 Å². The molecule has 1 aliphatic rings. The fourth-order valence-electron chi connectivity index (χ4n) is 4.33. The van der Waals surface area contributed by atoms with Gasteiger partial charge in [-0.25, -0.2) is 4.79 Å². The molecular formula is C27H34N2O5. The van der Waals surface area contributed by atoms with Crippen molar-refractivity contribution in [2.45, 2.75) is 57.9 Å². The second kappa shape index (κ2) is 12.2. The van der Waals surface area contributed by atoms with Crippen LogP contribution in [0.5, 0.6) is 0 Å². The van der Waals surface area contributed by atoms with Crippen molar-refractivity contribution in [2.75, 3.05) is 13.2 Å². The number of rotatable bonds is 12. The van der Waals surface area contributed by atoms with Gasteiger partial charge in [0.1, 0.15) is 6.61 Å². The Bertz CT molecular complexity index is 961. The molecule has 0 bridgehead atoms. The summed E-state index contributed by atoms with van der Waals surface area (Å²) in [5, 5.41) is 14.6. The third-order valence-electron chi connectivity index (χ3n) is 6.32. The summed E-state index contributed by atoms with van der Waals surface area (Å²) in [5.74, 6) is -1.63. The Balaban J connectivity index is 1.54. The van der Waals surface area contributed by atoms with Crippen molar-refractivity contribution in [3.63, 3.8) is 0 Å². The molecule has 3 rings (SSSR count). The Labute approximate surface area is 200 Å². The van der Waals surface area contributed by atoms with Crippen molar-refractivity contribution >= 4 is 18.0 Å². The Morgan fingerprint density at radius 1 is 1.00 bits per heavy atom. The van der Waals surface area contributed by atoms with Gasteiger partial charge in [-0.3, -0.25) is 9.59 Å². The number of amides is 2. The van der Waals surface area contributed by atoms with E-state index in [1.165, 1.54) is 11.1 Å². The van der Waals surface area contributed by atoms with Crippen molar-refractivity contribution < 1.29 is 24.2 Å². The molecule has 1 unspecified atom stereocenters. The molecule has 2 atom stereocenters. The fourth-order valence-corrected chi connectivity index (χ4v) is 4.33. The number of carboxylic acid groups (broad SMARTS) is 1.